The van der Waals surface area contributed by atoms with Gasteiger partial charge in [0.25, 0.3) is 0 Å². The first-order chi connectivity index (χ1) is 24.0. The number of aromatic nitrogens is 6. The van der Waals surface area contributed by atoms with Gasteiger partial charge in [-0.15, -0.1) is 0 Å². The highest BCUT2D eigenvalue weighted by atomic mass is 14.9. The van der Waals surface area contributed by atoms with Crippen molar-refractivity contribution in [3.05, 3.63) is 145 Å². The monoisotopic (exact) mass is 628 g/mol. The second-order valence-electron chi connectivity index (χ2n) is 13.3. The maximum Gasteiger partial charge on any atom is 0.160 e. The van der Waals surface area contributed by atoms with Crippen LogP contribution in [0.4, 0.5) is 0 Å². The Kier molecular flexibility index (Phi) is 5.82. The maximum atomic E-state index is 5.20. The summed E-state index contributed by atoms with van der Waals surface area (Å²) in [6.45, 7) is 4.59. The molecule has 6 heteroatoms. The van der Waals surface area contributed by atoms with Crippen molar-refractivity contribution in [3.63, 3.8) is 0 Å². The summed E-state index contributed by atoms with van der Waals surface area (Å²) in [4.78, 5) is 29.4. The van der Waals surface area contributed by atoms with Gasteiger partial charge in [-0.05, 0) is 58.7 Å². The van der Waals surface area contributed by atoms with E-state index >= 15 is 0 Å². The van der Waals surface area contributed by atoms with Gasteiger partial charge in [0.2, 0.25) is 0 Å². The Labute approximate surface area is 282 Å². The molecule has 5 aromatic heterocycles. The molecule has 0 radical (unpaired) electrons. The SMILES string of the molecule is CC1(C)c2ccccc2-c2ccc(-c3nc(-c4cnc5c(ccc6cccnc65)c4)cc(-c4cnc5c(ccc6cccnc65)c4)n3)cc21. The van der Waals surface area contributed by atoms with E-state index in [1.165, 1.54) is 22.3 Å². The summed E-state index contributed by atoms with van der Waals surface area (Å²) in [5, 5.41) is 4.15. The van der Waals surface area contributed by atoms with E-state index in [0.29, 0.717) is 5.82 Å². The number of fused-ring (bicyclic) bond motifs is 9. The van der Waals surface area contributed by atoms with Gasteiger partial charge < -0.3 is 0 Å². The lowest BCUT2D eigenvalue weighted by molar-refractivity contribution is 0.660. The summed E-state index contributed by atoms with van der Waals surface area (Å²) in [7, 11) is 0. The lowest BCUT2D eigenvalue weighted by Crippen LogP contribution is -2.15. The number of hydrogen-bond acceptors (Lipinski definition) is 6. The lowest BCUT2D eigenvalue weighted by Gasteiger charge is -2.21. The predicted molar refractivity (Wildman–Crippen MR) is 197 cm³/mol. The Balaban J connectivity index is 1.17. The Hall–Kier alpha value is -6.40. The third-order valence-corrected chi connectivity index (χ3v) is 10.0. The van der Waals surface area contributed by atoms with E-state index in [1.807, 2.05) is 43.0 Å². The van der Waals surface area contributed by atoms with E-state index in [1.54, 1.807) is 0 Å². The topological polar surface area (TPSA) is 77.3 Å². The predicted octanol–water partition coefficient (Wildman–Crippen LogP) is 9.98. The first-order valence-electron chi connectivity index (χ1n) is 16.4. The molecule has 4 aromatic carbocycles. The molecule has 0 saturated carbocycles. The van der Waals surface area contributed by atoms with Gasteiger partial charge in [-0.1, -0.05) is 86.6 Å². The van der Waals surface area contributed by atoms with Crippen LogP contribution < -0.4 is 0 Å². The van der Waals surface area contributed by atoms with Crippen molar-refractivity contribution in [2.75, 3.05) is 0 Å². The average molecular weight is 629 g/mol. The van der Waals surface area contributed by atoms with Crippen LogP contribution in [0, 0.1) is 0 Å². The smallest absolute Gasteiger partial charge is 0.160 e. The fourth-order valence-corrected chi connectivity index (χ4v) is 7.47. The van der Waals surface area contributed by atoms with Crippen LogP contribution in [0.15, 0.2) is 134 Å². The van der Waals surface area contributed by atoms with Crippen LogP contribution in [0.5, 0.6) is 0 Å². The Morgan fingerprint density at radius 3 is 1.61 bits per heavy atom. The third kappa shape index (κ3) is 4.27. The van der Waals surface area contributed by atoms with Crippen LogP contribution in [-0.4, -0.2) is 29.9 Å². The average Bonchev–Trinajstić information content (AvgIpc) is 3.39. The van der Waals surface area contributed by atoms with Crippen molar-refractivity contribution in [1.29, 1.82) is 0 Å². The largest absolute Gasteiger partial charge is 0.254 e. The zero-order valence-corrected chi connectivity index (χ0v) is 26.9. The molecule has 49 heavy (non-hydrogen) atoms. The third-order valence-electron chi connectivity index (χ3n) is 10.0. The number of benzene rings is 4. The molecule has 9 aromatic rings. The van der Waals surface area contributed by atoms with E-state index in [2.05, 4.69) is 115 Å². The number of rotatable bonds is 3. The molecule has 0 bridgehead atoms. The number of nitrogens with zero attached hydrogens (tertiary/aromatic N) is 6. The zero-order valence-electron chi connectivity index (χ0n) is 26.9. The van der Waals surface area contributed by atoms with Crippen molar-refractivity contribution < 1.29 is 0 Å². The van der Waals surface area contributed by atoms with Crippen LogP contribution in [0.25, 0.3) is 88.6 Å². The van der Waals surface area contributed by atoms with E-state index < -0.39 is 0 Å². The molecule has 0 unspecified atom stereocenters. The minimum atomic E-state index is -0.138. The highest BCUT2D eigenvalue weighted by Crippen LogP contribution is 2.49. The highest BCUT2D eigenvalue weighted by Gasteiger charge is 2.35. The molecule has 0 saturated heterocycles. The zero-order chi connectivity index (χ0) is 32.7. The standard InChI is InChI=1S/C43H28N6/c1-43(2)34-10-4-3-9-32(34)33-16-15-29(21-35(33)43)42-48-36(30-19-27-13-11-25-7-5-17-44-38(25)40(27)46-23-30)22-37(49-42)31-20-28-14-12-26-8-6-18-45-39(26)41(28)47-24-31/h3-24H,1-2H3. The maximum absolute atomic E-state index is 5.20. The molecule has 230 valence electrons. The van der Waals surface area contributed by atoms with Crippen LogP contribution in [-0.2, 0) is 5.41 Å². The molecule has 0 N–H and O–H groups in total. The summed E-state index contributed by atoms with van der Waals surface area (Å²) in [6, 6.07) is 38.1. The molecule has 6 nitrogen and oxygen atoms in total. The molecule has 0 spiro atoms. The van der Waals surface area contributed by atoms with Crippen molar-refractivity contribution in [3.8, 4) is 45.0 Å². The minimum Gasteiger partial charge on any atom is -0.254 e. The van der Waals surface area contributed by atoms with E-state index in [9.17, 15) is 0 Å². The van der Waals surface area contributed by atoms with Gasteiger partial charge in [-0.2, -0.15) is 0 Å². The van der Waals surface area contributed by atoms with Gasteiger partial charge in [0, 0.05) is 68.4 Å². The molecular weight excluding hydrogens is 601 g/mol. The van der Waals surface area contributed by atoms with Crippen LogP contribution in [0.2, 0.25) is 0 Å². The van der Waals surface area contributed by atoms with Gasteiger partial charge in [0.1, 0.15) is 0 Å². The summed E-state index contributed by atoms with van der Waals surface area (Å²) in [5.41, 5.74) is 12.9. The van der Waals surface area contributed by atoms with Crippen molar-refractivity contribution in [2.45, 2.75) is 19.3 Å². The number of pyridine rings is 4. The molecule has 0 fully saturated rings. The van der Waals surface area contributed by atoms with Gasteiger partial charge in [-0.3, -0.25) is 19.9 Å². The second kappa shape index (κ2) is 10.3. The molecule has 5 heterocycles. The Morgan fingerprint density at radius 1 is 0.429 bits per heavy atom. The van der Waals surface area contributed by atoms with Gasteiger partial charge in [-0.25, -0.2) is 9.97 Å². The highest BCUT2D eigenvalue weighted by molar-refractivity contribution is 6.04. The first-order valence-corrected chi connectivity index (χ1v) is 16.4. The fourth-order valence-electron chi connectivity index (χ4n) is 7.47. The van der Waals surface area contributed by atoms with Gasteiger partial charge in [0.15, 0.2) is 5.82 Å². The molecule has 0 aliphatic heterocycles. The molecule has 1 aliphatic rings. The van der Waals surface area contributed by atoms with Crippen molar-refractivity contribution in [2.24, 2.45) is 0 Å². The van der Waals surface area contributed by atoms with Crippen LogP contribution in [0.1, 0.15) is 25.0 Å². The fraction of sp³-hybridized carbons (Fsp3) is 0.0698. The summed E-state index contributed by atoms with van der Waals surface area (Å²) in [5.74, 6) is 0.655. The Bertz CT molecular complexity index is 2680. The lowest BCUT2D eigenvalue weighted by atomic mass is 9.82. The molecule has 1 aliphatic carbocycles. The van der Waals surface area contributed by atoms with E-state index in [-0.39, 0.29) is 5.41 Å². The van der Waals surface area contributed by atoms with E-state index in [0.717, 1.165) is 71.7 Å². The summed E-state index contributed by atoms with van der Waals surface area (Å²) in [6.07, 6.45) is 7.41. The van der Waals surface area contributed by atoms with Crippen LogP contribution in [0.3, 0.4) is 0 Å². The van der Waals surface area contributed by atoms with Gasteiger partial charge >= 0.3 is 0 Å². The molecule has 0 atom stereocenters. The first kappa shape index (κ1) is 27.7. The van der Waals surface area contributed by atoms with Gasteiger partial charge in [0.05, 0.1) is 33.5 Å². The van der Waals surface area contributed by atoms with E-state index in [4.69, 9.17) is 19.9 Å². The Morgan fingerprint density at radius 2 is 0.980 bits per heavy atom. The molecule has 10 rings (SSSR count). The molecule has 0 amide bonds. The minimum absolute atomic E-state index is 0.138. The summed E-state index contributed by atoms with van der Waals surface area (Å²) < 4.78 is 0. The van der Waals surface area contributed by atoms with Crippen LogP contribution >= 0.6 is 0 Å². The normalized spacial score (nSPS) is 13.3. The van der Waals surface area contributed by atoms with Crippen molar-refractivity contribution in [1.82, 2.24) is 29.9 Å². The summed E-state index contributed by atoms with van der Waals surface area (Å²) >= 11 is 0. The second-order valence-corrected chi connectivity index (χ2v) is 13.3. The van der Waals surface area contributed by atoms with Crippen molar-refractivity contribution >= 4 is 43.6 Å². The molecular formula is C43H28N6. The quantitative estimate of drug-likeness (QED) is 0.181. The number of hydrogen-bond donors (Lipinski definition) is 0.